The highest BCUT2D eigenvalue weighted by molar-refractivity contribution is 7.99. The molecule has 0 spiro atoms. The maximum atomic E-state index is 3.91. The second-order valence-corrected chi connectivity index (χ2v) is 7.94. The van der Waals surface area contributed by atoms with Crippen molar-refractivity contribution in [2.45, 2.75) is 76.6 Å². The summed E-state index contributed by atoms with van der Waals surface area (Å²) >= 11 is 2.16. The lowest BCUT2D eigenvalue weighted by Gasteiger charge is -2.21. The van der Waals surface area contributed by atoms with Crippen molar-refractivity contribution >= 4 is 11.8 Å². The molecular weight excluding hydrogens is 214 g/mol. The number of thioether (sulfide) groups is 1. The van der Waals surface area contributed by atoms with Crippen LogP contribution < -0.4 is 5.32 Å². The third-order valence-electron chi connectivity index (χ3n) is 4.23. The van der Waals surface area contributed by atoms with Gasteiger partial charge in [0.2, 0.25) is 0 Å². The normalized spacial score (nSPS) is 38.1. The second-order valence-electron chi connectivity index (χ2n) is 6.36. The molecule has 0 bridgehead atoms. The third kappa shape index (κ3) is 3.40. The standard InChI is InChI=1S/C14H27NS/c1-4-16-13-6-5-11(9-13)15-12-7-8-14(2,3)10-12/h11-13,15H,4-10H2,1-3H3. The average Bonchev–Trinajstić information content (AvgIpc) is 2.75. The largest absolute Gasteiger partial charge is 0.311 e. The summed E-state index contributed by atoms with van der Waals surface area (Å²) < 4.78 is 0. The predicted molar refractivity (Wildman–Crippen MR) is 74.1 cm³/mol. The van der Waals surface area contributed by atoms with Crippen molar-refractivity contribution in [2.24, 2.45) is 5.41 Å². The molecule has 0 saturated heterocycles. The average molecular weight is 241 g/mol. The molecule has 2 fully saturated rings. The highest BCUT2D eigenvalue weighted by Crippen LogP contribution is 2.38. The molecule has 0 aliphatic heterocycles. The first kappa shape index (κ1) is 12.8. The van der Waals surface area contributed by atoms with E-state index in [4.69, 9.17) is 0 Å². The molecule has 0 radical (unpaired) electrons. The molecule has 2 rings (SSSR count). The fraction of sp³-hybridized carbons (Fsp3) is 1.00. The Kier molecular flexibility index (Phi) is 4.23. The summed E-state index contributed by atoms with van der Waals surface area (Å²) in [6.07, 6.45) is 8.45. The quantitative estimate of drug-likeness (QED) is 0.803. The third-order valence-corrected chi connectivity index (χ3v) is 5.46. The molecule has 1 N–H and O–H groups in total. The zero-order valence-electron chi connectivity index (χ0n) is 11.1. The second kappa shape index (κ2) is 5.30. The van der Waals surface area contributed by atoms with Gasteiger partial charge in [-0.2, -0.15) is 11.8 Å². The maximum absolute atomic E-state index is 3.91. The van der Waals surface area contributed by atoms with Crippen LogP contribution in [0.15, 0.2) is 0 Å². The monoisotopic (exact) mass is 241 g/mol. The fourth-order valence-electron chi connectivity index (χ4n) is 3.39. The van der Waals surface area contributed by atoms with Gasteiger partial charge >= 0.3 is 0 Å². The number of hydrogen-bond acceptors (Lipinski definition) is 2. The lowest BCUT2D eigenvalue weighted by molar-refractivity contribution is 0.352. The van der Waals surface area contributed by atoms with Crippen LogP contribution in [-0.4, -0.2) is 23.1 Å². The van der Waals surface area contributed by atoms with Gasteiger partial charge in [-0.05, 0) is 49.7 Å². The van der Waals surface area contributed by atoms with Crippen LogP contribution >= 0.6 is 11.8 Å². The molecule has 1 nitrogen and oxygen atoms in total. The predicted octanol–water partition coefficient (Wildman–Crippen LogP) is 3.83. The molecular formula is C14H27NS. The molecule has 0 aromatic carbocycles. The van der Waals surface area contributed by atoms with E-state index in [2.05, 4.69) is 37.8 Å². The van der Waals surface area contributed by atoms with Gasteiger partial charge in [0.1, 0.15) is 0 Å². The van der Waals surface area contributed by atoms with E-state index in [-0.39, 0.29) is 0 Å². The molecule has 94 valence electrons. The van der Waals surface area contributed by atoms with Gasteiger partial charge in [0.25, 0.3) is 0 Å². The lowest BCUT2D eigenvalue weighted by Crippen LogP contribution is -2.35. The van der Waals surface area contributed by atoms with E-state index in [0.717, 1.165) is 17.3 Å². The molecule has 16 heavy (non-hydrogen) atoms. The summed E-state index contributed by atoms with van der Waals surface area (Å²) in [7, 11) is 0. The van der Waals surface area contributed by atoms with Crippen LogP contribution in [0.5, 0.6) is 0 Å². The highest BCUT2D eigenvalue weighted by Gasteiger charge is 2.33. The Labute approximate surface area is 105 Å². The van der Waals surface area contributed by atoms with Gasteiger partial charge < -0.3 is 5.32 Å². The van der Waals surface area contributed by atoms with E-state index in [0.29, 0.717) is 5.41 Å². The van der Waals surface area contributed by atoms with Crippen molar-refractivity contribution in [3.05, 3.63) is 0 Å². The van der Waals surface area contributed by atoms with Gasteiger partial charge in [-0.25, -0.2) is 0 Å². The van der Waals surface area contributed by atoms with E-state index in [9.17, 15) is 0 Å². The number of nitrogens with one attached hydrogen (secondary N) is 1. The Morgan fingerprint density at radius 1 is 1.19 bits per heavy atom. The lowest BCUT2D eigenvalue weighted by atomic mass is 9.92. The summed E-state index contributed by atoms with van der Waals surface area (Å²) in [5, 5.41) is 4.85. The van der Waals surface area contributed by atoms with Crippen LogP contribution in [-0.2, 0) is 0 Å². The van der Waals surface area contributed by atoms with E-state index in [1.54, 1.807) is 0 Å². The summed E-state index contributed by atoms with van der Waals surface area (Å²) in [6.45, 7) is 7.11. The van der Waals surface area contributed by atoms with Crippen molar-refractivity contribution in [3.63, 3.8) is 0 Å². The Balaban J connectivity index is 1.71. The topological polar surface area (TPSA) is 12.0 Å². The van der Waals surface area contributed by atoms with Crippen molar-refractivity contribution in [1.29, 1.82) is 0 Å². The van der Waals surface area contributed by atoms with Crippen molar-refractivity contribution in [2.75, 3.05) is 5.75 Å². The minimum Gasteiger partial charge on any atom is -0.311 e. The van der Waals surface area contributed by atoms with E-state index >= 15 is 0 Å². The van der Waals surface area contributed by atoms with Crippen LogP contribution in [0.2, 0.25) is 0 Å². The molecule has 2 aliphatic carbocycles. The molecule has 0 aromatic heterocycles. The van der Waals surface area contributed by atoms with Crippen molar-refractivity contribution < 1.29 is 0 Å². The van der Waals surface area contributed by atoms with Gasteiger partial charge in [-0.15, -0.1) is 0 Å². The van der Waals surface area contributed by atoms with E-state index in [1.165, 1.54) is 44.3 Å². The fourth-order valence-corrected chi connectivity index (χ4v) is 4.53. The molecule has 0 heterocycles. The van der Waals surface area contributed by atoms with Gasteiger partial charge in [0.15, 0.2) is 0 Å². The Hall–Kier alpha value is 0.310. The molecule has 0 aromatic rings. The number of hydrogen-bond donors (Lipinski definition) is 1. The molecule has 3 unspecified atom stereocenters. The minimum absolute atomic E-state index is 0.591. The summed E-state index contributed by atoms with van der Waals surface area (Å²) in [6, 6.07) is 1.63. The first-order valence-corrected chi connectivity index (χ1v) is 8.01. The van der Waals surface area contributed by atoms with Gasteiger partial charge in [-0.1, -0.05) is 20.8 Å². The van der Waals surface area contributed by atoms with E-state index in [1.807, 2.05) is 0 Å². The Bertz CT molecular complexity index is 227. The van der Waals surface area contributed by atoms with Crippen LogP contribution in [0.3, 0.4) is 0 Å². The van der Waals surface area contributed by atoms with Crippen molar-refractivity contribution in [3.8, 4) is 0 Å². The molecule has 2 aliphatic rings. The SMILES string of the molecule is CCSC1CCC(NC2CCC(C)(C)C2)C1. The molecule has 2 saturated carbocycles. The van der Waals surface area contributed by atoms with Crippen LogP contribution in [0, 0.1) is 5.41 Å². The molecule has 3 atom stereocenters. The summed E-state index contributed by atoms with van der Waals surface area (Å²) in [5.41, 5.74) is 0.591. The van der Waals surface area contributed by atoms with Crippen LogP contribution in [0.25, 0.3) is 0 Å². The highest BCUT2D eigenvalue weighted by atomic mass is 32.2. The van der Waals surface area contributed by atoms with Gasteiger partial charge in [0, 0.05) is 17.3 Å². The molecule has 0 amide bonds. The minimum atomic E-state index is 0.591. The Morgan fingerprint density at radius 3 is 2.62 bits per heavy atom. The van der Waals surface area contributed by atoms with Crippen LogP contribution in [0.1, 0.15) is 59.3 Å². The smallest absolute Gasteiger partial charge is 0.00805 e. The maximum Gasteiger partial charge on any atom is 0.00805 e. The van der Waals surface area contributed by atoms with E-state index < -0.39 is 0 Å². The first-order chi connectivity index (χ1) is 7.59. The summed E-state index contributed by atoms with van der Waals surface area (Å²) in [5.74, 6) is 1.29. The zero-order valence-corrected chi connectivity index (χ0v) is 11.9. The first-order valence-electron chi connectivity index (χ1n) is 6.97. The number of rotatable bonds is 4. The molecule has 2 heteroatoms. The van der Waals surface area contributed by atoms with Crippen molar-refractivity contribution in [1.82, 2.24) is 5.32 Å². The van der Waals surface area contributed by atoms with Gasteiger partial charge in [0.05, 0.1) is 0 Å². The zero-order chi connectivity index (χ0) is 11.6. The van der Waals surface area contributed by atoms with Crippen LogP contribution in [0.4, 0.5) is 0 Å². The van der Waals surface area contributed by atoms with Gasteiger partial charge in [-0.3, -0.25) is 0 Å². The summed E-state index contributed by atoms with van der Waals surface area (Å²) in [4.78, 5) is 0. The Morgan fingerprint density at radius 2 is 2.00 bits per heavy atom.